The molecule has 0 spiro atoms. The molecule has 1 amide bonds. The van der Waals surface area contributed by atoms with Crippen molar-refractivity contribution >= 4 is 32.4 Å². The van der Waals surface area contributed by atoms with Gasteiger partial charge in [0.15, 0.2) is 0 Å². The van der Waals surface area contributed by atoms with Gasteiger partial charge in [0.1, 0.15) is 5.01 Å². The van der Waals surface area contributed by atoms with Gasteiger partial charge in [-0.2, -0.15) is 0 Å². The minimum Gasteiger partial charge on any atom is -0.296 e. The summed E-state index contributed by atoms with van der Waals surface area (Å²) in [4.78, 5) is 12.7. The fraction of sp³-hybridized carbons (Fsp3) is 0.318. The van der Waals surface area contributed by atoms with Gasteiger partial charge >= 0.3 is 0 Å². The number of carbonyl (C=O) groups excluding carboxylic acids is 1. The number of sulfonamides is 1. The molecule has 164 valence electrons. The first kappa shape index (κ1) is 23.1. The highest BCUT2D eigenvalue weighted by Gasteiger charge is 2.16. The maximum atomic E-state index is 12.4. The molecule has 1 heterocycles. The molecule has 2 N–H and O–H groups in total. The van der Waals surface area contributed by atoms with E-state index in [4.69, 9.17) is 0 Å². The molecule has 0 fully saturated rings. The van der Waals surface area contributed by atoms with Crippen LogP contribution in [0.15, 0.2) is 53.4 Å². The summed E-state index contributed by atoms with van der Waals surface area (Å²) in [5.74, 6) is -0.261. The summed E-state index contributed by atoms with van der Waals surface area (Å²) >= 11 is 1.22. The van der Waals surface area contributed by atoms with Gasteiger partial charge in [-0.3, -0.25) is 10.1 Å². The third-order valence-electron chi connectivity index (χ3n) is 4.66. The Morgan fingerprint density at radius 3 is 2.26 bits per heavy atom. The Bertz CT molecular complexity index is 1150. The number of carbonyl (C=O) groups is 1. The second kappa shape index (κ2) is 9.25. The van der Waals surface area contributed by atoms with Crippen LogP contribution >= 0.6 is 11.3 Å². The van der Waals surface area contributed by atoms with Crippen LogP contribution in [0.2, 0.25) is 0 Å². The van der Waals surface area contributed by atoms with Gasteiger partial charge in [0.2, 0.25) is 15.2 Å². The van der Waals surface area contributed by atoms with Crippen molar-refractivity contribution in [2.24, 2.45) is 0 Å². The molecule has 0 atom stereocenters. The van der Waals surface area contributed by atoms with Crippen LogP contribution in [0.25, 0.3) is 0 Å². The van der Waals surface area contributed by atoms with Crippen molar-refractivity contribution < 1.29 is 13.2 Å². The molecule has 0 aliphatic carbocycles. The topological polar surface area (TPSA) is 101 Å². The van der Waals surface area contributed by atoms with Gasteiger partial charge in [0.25, 0.3) is 5.91 Å². The van der Waals surface area contributed by atoms with Gasteiger partial charge in [-0.1, -0.05) is 61.9 Å². The van der Waals surface area contributed by atoms with E-state index < -0.39 is 10.0 Å². The van der Waals surface area contributed by atoms with E-state index in [1.54, 1.807) is 36.4 Å². The SMILES string of the molecule is Cc1ccc(S(=O)(=O)NCCc2nnc(NC(=O)c3ccc(C(C)(C)C)cc3)s2)cc1. The van der Waals surface area contributed by atoms with Crippen molar-refractivity contribution in [3.05, 3.63) is 70.2 Å². The smallest absolute Gasteiger partial charge is 0.257 e. The Hall–Kier alpha value is -2.62. The first-order chi connectivity index (χ1) is 14.5. The zero-order chi connectivity index (χ0) is 22.6. The van der Waals surface area contributed by atoms with E-state index >= 15 is 0 Å². The van der Waals surface area contributed by atoms with Crippen LogP contribution in [-0.4, -0.2) is 31.1 Å². The van der Waals surface area contributed by atoms with Crippen molar-refractivity contribution in [1.82, 2.24) is 14.9 Å². The molecular formula is C22H26N4O3S2. The number of rotatable bonds is 7. The predicted molar refractivity (Wildman–Crippen MR) is 123 cm³/mol. The Morgan fingerprint density at radius 2 is 1.65 bits per heavy atom. The molecule has 1 aromatic heterocycles. The summed E-state index contributed by atoms with van der Waals surface area (Å²) < 4.78 is 27.2. The summed E-state index contributed by atoms with van der Waals surface area (Å²) in [6.07, 6.45) is 0.374. The average Bonchev–Trinajstić information content (AvgIpc) is 3.14. The van der Waals surface area contributed by atoms with Crippen molar-refractivity contribution in [3.63, 3.8) is 0 Å². The molecular weight excluding hydrogens is 432 g/mol. The normalized spacial score (nSPS) is 12.0. The number of nitrogens with zero attached hydrogens (tertiary/aromatic N) is 2. The molecule has 3 aromatic rings. The van der Waals surface area contributed by atoms with Gasteiger partial charge in [-0.15, -0.1) is 10.2 Å². The van der Waals surface area contributed by atoms with Crippen LogP contribution in [0.3, 0.4) is 0 Å². The molecule has 2 aromatic carbocycles. The predicted octanol–water partition coefficient (Wildman–Crippen LogP) is 3.92. The molecule has 0 radical (unpaired) electrons. The van der Waals surface area contributed by atoms with E-state index in [2.05, 4.69) is 41.0 Å². The maximum Gasteiger partial charge on any atom is 0.257 e. The van der Waals surface area contributed by atoms with Crippen molar-refractivity contribution in [1.29, 1.82) is 0 Å². The molecule has 0 aliphatic rings. The highest BCUT2D eigenvalue weighted by Crippen LogP contribution is 2.23. The molecule has 31 heavy (non-hydrogen) atoms. The molecule has 3 rings (SSSR count). The molecule has 9 heteroatoms. The van der Waals surface area contributed by atoms with Crippen molar-refractivity contribution in [2.45, 2.75) is 44.4 Å². The second-order valence-electron chi connectivity index (χ2n) is 8.24. The number of aromatic nitrogens is 2. The van der Waals surface area contributed by atoms with E-state index in [0.717, 1.165) is 11.1 Å². The second-order valence-corrected chi connectivity index (χ2v) is 11.1. The number of amides is 1. The van der Waals surface area contributed by atoms with Gasteiger partial charge < -0.3 is 0 Å². The summed E-state index contributed by atoms with van der Waals surface area (Å²) in [6, 6.07) is 14.1. The fourth-order valence-corrected chi connectivity index (χ4v) is 4.56. The lowest BCUT2D eigenvalue weighted by molar-refractivity contribution is 0.102. The van der Waals surface area contributed by atoms with Crippen LogP contribution < -0.4 is 10.0 Å². The Morgan fingerprint density at radius 1 is 1.00 bits per heavy atom. The van der Waals surface area contributed by atoms with Crippen LogP contribution in [0.1, 0.15) is 47.3 Å². The number of hydrogen-bond acceptors (Lipinski definition) is 6. The molecule has 0 aliphatic heterocycles. The minimum atomic E-state index is -3.57. The quantitative estimate of drug-likeness (QED) is 0.559. The summed E-state index contributed by atoms with van der Waals surface area (Å²) in [5.41, 5.74) is 2.70. The van der Waals surface area contributed by atoms with E-state index in [1.165, 1.54) is 11.3 Å². The van der Waals surface area contributed by atoms with Crippen molar-refractivity contribution in [2.75, 3.05) is 11.9 Å². The van der Waals surface area contributed by atoms with E-state index in [9.17, 15) is 13.2 Å². The highest BCUT2D eigenvalue weighted by atomic mass is 32.2. The number of aryl methyl sites for hydroxylation is 1. The molecule has 0 saturated carbocycles. The third-order valence-corrected chi connectivity index (χ3v) is 7.04. The molecule has 0 saturated heterocycles. The summed E-state index contributed by atoms with van der Waals surface area (Å²) in [6.45, 7) is 8.44. The lowest BCUT2D eigenvalue weighted by Crippen LogP contribution is -2.25. The van der Waals surface area contributed by atoms with E-state index in [-0.39, 0.29) is 22.8 Å². The number of hydrogen-bond donors (Lipinski definition) is 2. The molecule has 7 nitrogen and oxygen atoms in total. The molecule has 0 bridgehead atoms. The zero-order valence-corrected chi connectivity index (χ0v) is 19.6. The Kier molecular flexibility index (Phi) is 6.88. The fourth-order valence-electron chi connectivity index (χ4n) is 2.79. The standard InChI is InChI=1S/C22H26N4O3S2/c1-15-5-11-18(12-6-15)31(28,29)23-14-13-19-25-26-21(30-19)24-20(27)16-7-9-17(10-8-16)22(2,3)4/h5-12,23H,13-14H2,1-4H3,(H,24,26,27). The van der Waals surface area contributed by atoms with Gasteiger partial charge in [0, 0.05) is 18.5 Å². The van der Waals surface area contributed by atoms with Crippen LogP contribution in [0.5, 0.6) is 0 Å². The van der Waals surface area contributed by atoms with Crippen LogP contribution in [0.4, 0.5) is 5.13 Å². The number of benzene rings is 2. The number of nitrogens with one attached hydrogen (secondary N) is 2. The Labute approximate surface area is 187 Å². The summed E-state index contributed by atoms with van der Waals surface area (Å²) in [5, 5.41) is 11.8. The van der Waals surface area contributed by atoms with Gasteiger partial charge in [-0.25, -0.2) is 13.1 Å². The lowest BCUT2D eigenvalue weighted by atomic mass is 9.87. The monoisotopic (exact) mass is 458 g/mol. The maximum absolute atomic E-state index is 12.4. The van der Waals surface area contributed by atoms with E-state index in [1.807, 2.05) is 19.1 Å². The average molecular weight is 459 g/mol. The first-order valence-corrected chi connectivity index (χ1v) is 12.2. The van der Waals surface area contributed by atoms with E-state index in [0.29, 0.717) is 22.1 Å². The number of anilines is 1. The largest absolute Gasteiger partial charge is 0.296 e. The highest BCUT2D eigenvalue weighted by molar-refractivity contribution is 7.89. The van der Waals surface area contributed by atoms with Crippen LogP contribution in [0, 0.1) is 6.92 Å². The lowest BCUT2D eigenvalue weighted by Gasteiger charge is -2.18. The first-order valence-electron chi connectivity index (χ1n) is 9.85. The van der Waals surface area contributed by atoms with Gasteiger partial charge in [0.05, 0.1) is 4.90 Å². The Balaban J connectivity index is 1.54. The summed E-state index contributed by atoms with van der Waals surface area (Å²) in [7, 11) is -3.57. The zero-order valence-electron chi connectivity index (χ0n) is 18.0. The molecule has 0 unspecified atom stereocenters. The van der Waals surface area contributed by atoms with Crippen LogP contribution in [-0.2, 0) is 21.9 Å². The third kappa shape index (κ3) is 6.19. The minimum absolute atomic E-state index is 0.0180. The van der Waals surface area contributed by atoms with Gasteiger partial charge in [-0.05, 0) is 42.2 Å². The van der Waals surface area contributed by atoms with Crippen molar-refractivity contribution in [3.8, 4) is 0 Å².